The molecule has 2 N–H and O–H groups in total. The van der Waals surface area contributed by atoms with Gasteiger partial charge in [0, 0.05) is 82.9 Å². The number of amides is 3. The number of nitrogens with zero attached hydrogens (tertiary/aromatic N) is 5. The molecule has 210 valence electrons. The summed E-state index contributed by atoms with van der Waals surface area (Å²) in [6.07, 6.45) is 5.53. The standard InChI is InChI=1S/C30H37N7O3/c1-22-7-3-4-8-25(22)35-17-19-36(20-18-35)26-11-10-23(21-24(26)33-30(40)28-31-13-16-34(28)2)29(39)32-12-6-15-37-14-5-9-27(37)38/h3-4,7-8,10-11,13,16,21H,5-6,9,12,14-15,17-20H2,1-2H3,(H,32,39)(H,33,40). The fraction of sp³-hybridized carbons (Fsp3) is 0.400. The first-order valence-electron chi connectivity index (χ1n) is 13.9. The van der Waals surface area contributed by atoms with Crippen molar-refractivity contribution < 1.29 is 14.4 Å². The van der Waals surface area contributed by atoms with Crippen LogP contribution in [0.5, 0.6) is 0 Å². The molecule has 0 unspecified atom stereocenters. The number of benzene rings is 2. The highest BCUT2D eigenvalue weighted by Crippen LogP contribution is 2.30. The Bertz CT molecular complexity index is 1380. The molecule has 0 aliphatic carbocycles. The predicted molar refractivity (Wildman–Crippen MR) is 156 cm³/mol. The fourth-order valence-electron chi connectivity index (χ4n) is 5.44. The van der Waals surface area contributed by atoms with Crippen molar-refractivity contribution >= 4 is 34.8 Å². The van der Waals surface area contributed by atoms with Gasteiger partial charge in [-0.05, 0) is 49.6 Å². The molecule has 10 heteroatoms. The number of hydrogen-bond acceptors (Lipinski definition) is 6. The molecule has 40 heavy (non-hydrogen) atoms. The van der Waals surface area contributed by atoms with Crippen molar-refractivity contribution in [2.45, 2.75) is 26.2 Å². The number of hydrogen-bond donors (Lipinski definition) is 2. The first-order chi connectivity index (χ1) is 19.4. The predicted octanol–water partition coefficient (Wildman–Crippen LogP) is 3.05. The van der Waals surface area contributed by atoms with Gasteiger partial charge < -0.3 is 29.9 Å². The van der Waals surface area contributed by atoms with Gasteiger partial charge in [0.25, 0.3) is 11.8 Å². The summed E-state index contributed by atoms with van der Waals surface area (Å²) in [6, 6.07) is 13.9. The van der Waals surface area contributed by atoms with Gasteiger partial charge in [0.15, 0.2) is 5.82 Å². The van der Waals surface area contributed by atoms with E-state index in [1.165, 1.54) is 11.3 Å². The molecule has 0 bridgehead atoms. The number of aryl methyl sites for hydroxylation is 2. The second kappa shape index (κ2) is 12.2. The fourth-order valence-corrected chi connectivity index (χ4v) is 5.44. The highest BCUT2D eigenvalue weighted by molar-refractivity contribution is 6.05. The van der Waals surface area contributed by atoms with Gasteiger partial charge >= 0.3 is 0 Å². The van der Waals surface area contributed by atoms with Crippen molar-refractivity contribution in [3.8, 4) is 0 Å². The van der Waals surface area contributed by atoms with Crippen molar-refractivity contribution in [1.82, 2.24) is 19.8 Å². The van der Waals surface area contributed by atoms with Crippen LogP contribution in [0.25, 0.3) is 0 Å². The smallest absolute Gasteiger partial charge is 0.291 e. The van der Waals surface area contributed by atoms with E-state index in [0.717, 1.165) is 44.8 Å². The summed E-state index contributed by atoms with van der Waals surface area (Å²) in [7, 11) is 1.77. The normalized spacial score (nSPS) is 15.4. The molecule has 2 fully saturated rings. The SMILES string of the molecule is Cc1ccccc1N1CCN(c2ccc(C(=O)NCCCN3CCCC3=O)cc2NC(=O)c2nccn2C)CC1. The number of carbonyl (C=O) groups excluding carboxylic acids is 3. The molecule has 2 aliphatic heterocycles. The monoisotopic (exact) mass is 543 g/mol. The van der Waals surface area contributed by atoms with Crippen LogP contribution in [-0.2, 0) is 11.8 Å². The number of rotatable bonds is 9. The van der Waals surface area contributed by atoms with Crippen molar-refractivity contribution in [3.05, 3.63) is 71.8 Å². The number of imidazole rings is 1. The zero-order valence-electron chi connectivity index (χ0n) is 23.2. The van der Waals surface area contributed by atoms with E-state index >= 15 is 0 Å². The Morgan fingerprint density at radius 3 is 2.38 bits per heavy atom. The molecular formula is C30H37N7O3. The Morgan fingerprint density at radius 2 is 1.70 bits per heavy atom. The third kappa shape index (κ3) is 6.11. The van der Waals surface area contributed by atoms with Gasteiger partial charge in [-0.1, -0.05) is 18.2 Å². The zero-order chi connectivity index (χ0) is 28.1. The minimum absolute atomic E-state index is 0.190. The summed E-state index contributed by atoms with van der Waals surface area (Å²) in [6.45, 7) is 7.30. The van der Waals surface area contributed by atoms with Crippen LogP contribution >= 0.6 is 0 Å². The number of piperazine rings is 1. The number of para-hydroxylation sites is 1. The van der Waals surface area contributed by atoms with Crippen molar-refractivity contribution in [3.63, 3.8) is 0 Å². The molecule has 1 aromatic heterocycles. The Morgan fingerprint density at radius 1 is 0.950 bits per heavy atom. The molecular weight excluding hydrogens is 506 g/mol. The van der Waals surface area contributed by atoms with Crippen LogP contribution in [0.1, 0.15) is 45.8 Å². The van der Waals surface area contributed by atoms with Crippen LogP contribution in [0.3, 0.4) is 0 Å². The van der Waals surface area contributed by atoms with Crippen molar-refractivity contribution in [1.29, 1.82) is 0 Å². The maximum absolute atomic E-state index is 13.1. The lowest BCUT2D eigenvalue weighted by molar-refractivity contribution is -0.127. The number of aromatic nitrogens is 2. The molecule has 0 radical (unpaired) electrons. The molecule has 2 aliphatic rings. The van der Waals surface area contributed by atoms with E-state index in [4.69, 9.17) is 0 Å². The second-order valence-corrected chi connectivity index (χ2v) is 10.4. The zero-order valence-corrected chi connectivity index (χ0v) is 23.2. The third-order valence-electron chi connectivity index (χ3n) is 7.67. The van der Waals surface area contributed by atoms with Gasteiger partial charge in [-0.3, -0.25) is 14.4 Å². The van der Waals surface area contributed by atoms with Crippen LogP contribution in [-0.4, -0.2) is 78.0 Å². The van der Waals surface area contributed by atoms with Crippen molar-refractivity contribution in [2.24, 2.45) is 7.05 Å². The molecule has 3 aromatic rings. The minimum Gasteiger partial charge on any atom is -0.368 e. The summed E-state index contributed by atoms with van der Waals surface area (Å²) in [5.74, 6) is -0.0623. The van der Waals surface area contributed by atoms with Gasteiger partial charge in [0.1, 0.15) is 0 Å². The van der Waals surface area contributed by atoms with E-state index in [1.807, 2.05) is 11.0 Å². The Labute approximate surface area is 235 Å². The molecule has 0 spiro atoms. The van der Waals surface area contributed by atoms with Gasteiger partial charge in [0.05, 0.1) is 11.4 Å². The Hall–Kier alpha value is -4.34. The van der Waals surface area contributed by atoms with E-state index in [-0.39, 0.29) is 17.7 Å². The van der Waals surface area contributed by atoms with Gasteiger partial charge in [-0.15, -0.1) is 0 Å². The largest absolute Gasteiger partial charge is 0.368 e. The molecule has 10 nitrogen and oxygen atoms in total. The lowest BCUT2D eigenvalue weighted by Crippen LogP contribution is -2.47. The van der Waals surface area contributed by atoms with Gasteiger partial charge in [-0.2, -0.15) is 0 Å². The molecule has 0 saturated carbocycles. The Balaban J connectivity index is 1.29. The van der Waals surface area contributed by atoms with Crippen LogP contribution in [0.15, 0.2) is 54.9 Å². The average Bonchev–Trinajstić information content (AvgIpc) is 3.58. The van der Waals surface area contributed by atoms with Gasteiger partial charge in [0.2, 0.25) is 5.91 Å². The van der Waals surface area contributed by atoms with E-state index in [2.05, 4.69) is 56.6 Å². The Kier molecular flexibility index (Phi) is 8.33. The lowest BCUT2D eigenvalue weighted by atomic mass is 10.1. The first-order valence-corrected chi connectivity index (χ1v) is 13.9. The highest BCUT2D eigenvalue weighted by Gasteiger charge is 2.23. The quantitative estimate of drug-likeness (QED) is 0.402. The van der Waals surface area contributed by atoms with E-state index in [1.54, 1.807) is 36.1 Å². The number of nitrogens with one attached hydrogen (secondary N) is 2. The van der Waals surface area contributed by atoms with Crippen LogP contribution in [0.4, 0.5) is 17.1 Å². The van der Waals surface area contributed by atoms with E-state index in [0.29, 0.717) is 43.0 Å². The summed E-state index contributed by atoms with van der Waals surface area (Å²) in [4.78, 5) is 48.6. The van der Waals surface area contributed by atoms with Crippen LogP contribution in [0.2, 0.25) is 0 Å². The second-order valence-electron chi connectivity index (χ2n) is 10.4. The molecule has 2 aromatic carbocycles. The van der Waals surface area contributed by atoms with E-state index in [9.17, 15) is 14.4 Å². The third-order valence-corrected chi connectivity index (χ3v) is 7.67. The number of likely N-dealkylation sites (tertiary alicyclic amines) is 1. The number of carbonyl (C=O) groups is 3. The van der Waals surface area contributed by atoms with E-state index < -0.39 is 0 Å². The maximum atomic E-state index is 13.1. The topological polar surface area (TPSA) is 103 Å². The minimum atomic E-state index is -0.333. The summed E-state index contributed by atoms with van der Waals surface area (Å²) >= 11 is 0. The van der Waals surface area contributed by atoms with Crippen LogP contribution in [0, 0.1) is 6.92 Å². The van der Waals surface area contributed by atoms with Crippen molar-refractivity contribution in [2.75, 3.05) is 60.9 Å². The summed E-state index contributed by atoms with van der Waals surface area (Å²) in [5.41, 5.74) is 4.41. The average molecular weight is 544 g/mol. The molecule has 0 atom stereocenters. The lowest BCUT2D eigenvalue weighted by Gasteiger charge is -2.38. The molecule has 3 amide bonds. The number of anilines is 3. The summed E-state index contributed by atoms with van der Waals surface area (Å²) < 4.78 is 1.66. The molecule has 5 rings (SSSR count). The molecule has 3 heterocycles. The van der Waals surface area contributed by atoms with Gasteiger partial charge in [-0.25, -0.2) is 4.98 Å². The summed E-state index contributed by atoms with van der Waals surface area (Å²) in [5, 5.41) is 5.96. The van der Waals surface area contributed by atoms with Crippen LogP contribution < -0.4 is 20.4 Å². The maximum Gasteiger partial charge on any atom is 0.291 e. The highest BCUT2D eigenvalue weighted by atomic mass is 16.2. The first kappa shape index (κ1) is 27.2. The molecule has 2 saturated heterocycles.